The molecule has 3 aromatic carbocycles. The molecule has 4 aromatic rings. The van der Waals surface area contributed by atoms with Crippen LogP contribution < -0.4 is 21.3 Å². The van der Waals surface area contributed by atoms with E-state index < -0.39 is 63.0 Å². The molecule has 17 heteroatoms. The largest absolute Gasteiger partial charge is 0.479 e. The minimum atomic E-state index is -3.43. The Bertz CT molecular complexity index is 2390. The van der Waals surface area contributed by atoms with Crippen molar-refractivity contribution in [3.8, 4) is 0 Å². The number of anilines is 1. The summed E-state index contributed by atoms with van der Waals surface area (Å²) in [6, 6.07) is 20.4. The van der Waals surface area contributed by atoms with E-state index in [1.165, 1.54) is 58.4 Å². The zero-order valence-electron chi connectivity index (χ0n) is 33.5. The zero-order valence-corrected chi connectivity index (χ0v) is 35.1. The molecule has 1 unspecified atom stereocenters. The number of benzene rings is 3. The second-order valence-corrected chi connectivity index (χ2v) is 18.8. The Morgan fingerprint density at radius 3 is 2.13 bits per heavy atom. The van der Waals surface area contributed by atoms with Gasteiger partial charge in [-0.1, -0.05) is 69.3 Å². The predicted molar refractivity (Wildman–Crippen MR) is 225 cm³/mol. The van der Waals surface area contributed by atoms with E-state index in [1.807, 2.05) is 0 Å². The summed E-state index contributed by atoms with van der Waals surface area (Å²) in [5.41, 5.74) is 7.64. The van der Waals surface area contributed by atoms with Crippen molar-refractivity contribution in [2.75, 3.05) is 17.7 Å². The Morgan fingerprint density at radius 2 is 1.57 bits per heavy atom. The van der Waals surface area contributed by atoms with E-state index in [9.17, 15) is 42.3 Å². The van der Waals surface area contributed by atoms with E-state index in [0.717, 1.165) is 28.7 Å². The number of thiophene rings is 1. The lowest BCUT2D eigenvalue weighted by molar-refractivity contribution is -0.147. The number of nitrogens with one attached hydrogen (secondary N) is 2. The number of hydrogen-bond acceptors (Lipinski definition) is 10. The highest BCUT2D eigenvalue weighted by molar-refractivity contribution is 7.92. The molecule has 1 saturated heterocycles. The number of nitrogens with zero attached hydrogens (tertiary/aromatic N) is 2. The minimum absolute atomic E-state index is 0.0872. The molecule has 0 saturated carbocycles. The highest BCUT2D eigenvalue weighted by Gasteiger charge is 2.43. The number of primary amides is 1. The molecule has 1 aromatic heterocycles. The van der Waals surface area contributed by atoms with Crippen LogP contribution in [0.4, 0.5) is 5.69 Å². The molecule has 5 rings (SSSR count). The fourth-order valence-electron chi connectivity index (χ4n) is 6.53. The first-order valence-electron chi connectivity index (χ1n) is 18.9. The first-order valence-corrected chi connectivity index (χ1v) is 21.6. The molecule has 5 amide bonds. The molecular weight excluding hydrogens is 811 g/mol. The highest BCUT2D eigenvalue weighted by atomic mass is 32.2. The number of hydrogen-bond donors (Lipinski definition) is 5. The van der Waals surface area contributed by atoms with E-state index in [4.69, 9.17) is 10.8 Å². The van der Waals surface area contributed by atoms with Crippen molar-refractivity contribution in [1.29, 1.82) is 0 Å². The van der Waals surface area contributed by atoms with Crippen LogP contribution in [-0.2, 0) is 42.1 Å². The van der Waals surface area contributed by atoms with Crippen LogP contribution >= 0.6 is 11.3 Å². The maximum Gasteiger partial charge on any atom is 0.337 e. The van der Waals surface area contributed by atoms with Gasteiger partial charge in [0.05, 0.1) is 11.4 Å². The quantitative estimate of drug-likeness (QED) is 0.108. The zero-order chi connectivity index (χ0) is 43.9. The molecule has 1 aliphatic heterocycles. The van der Waals surface area contributed by atoms with Gasteiger partial charge in [0.2, 0.25) is 23.6 Å². The molecule has 316 valence electrons. The van der Waals surface area contributed by atoms with Gasteiger partial charge in [0.1, 0.15) is 16.3 Å². The normalized spacial score (nSPS) is 15.3. The van der Waals surface area contributed by atoms with Crippen LogP contribution in [0.15, 0.2) is 95.2 Å². The van der Waals surface area contributed by atoms with Crippen molar-refractivity contribution in [3.05, 3.63) is 124 Å². The van der Waals surface area contributed by atoms with Gasteiger partial charge in [-0.05, 0) is 83.0 Å². The Kier molecular flexibility index (Phi) is 14.1. The Balaban J connectivity index is 1.31. The average molecular weight is 858 g/mol. The van der Waals surface area contributed by atoms with Gasteiger partial charge in [0.25, 0.3) is 5.91 Å². The second kappa shape index (κ2) is 18.8. The number of nitrogens with two attached hydrogens (primary N) is 1. The first kappa shape index (κ1) is 44.9. The third-order valence-electron chi connectivity index (χ3n) is 9.85. The van der Waals surface area contributed by atoms with Gasteiger partial charge < -0.3 is 36.4 Å². The summed E-state index contributed by atoms with van der Waals surface area (Å²) < 4.78 is 23.7. The smallest absolute Gasteiger partial charge is 0.337 e. The van der Waals surface area contributed by atoms with Crippen LogP contribution in [0.1, 0.15) is 82.0 Å². The van der Waals surface area contributed by atoms with Crippen LogP contribution in [0, 0.1) is 5.41 Å². The topological polar surface area (TPSA) is 234 Å². The van der Waals surface area contributed by atoms with Crippen molar-refractivity contribution >= 4 is 68.4 Å². The Hall–Kier alpha value is -6.17. The summed E-state index contributed by atoms with van der Waals surface area (Å²) in [6.07, 6.45) is 3.04. The molecule has 0 radical (unpaired) electrons. The van der Waals surface area contributed by atoms with Gasteiger partial charge in [-0.2, -0.15) is 0 Å². The summed E-state index contributed by atoms with van der Waals surface area (Å²) in [7, 11) is -3.43. The van der Waals surface area contributed by atoms with Crippen LogP contribution in [-0.4, -0.2) is 83.9 Å². The van der Waals surface area contributed by atoms with Crippen molar-refractivity contribution in [2.24, 2.45) is 11.1 Å². The van der Waals surface area contributed by atoms with Crippen LogP contribution in [0.3, 0.4) is 0 Å². The Morgan fingerprint density at radius 1 is 0.933 bits per heavy atom. The van der Waals surface area contributed by atoms with E-state index >= 15 is 0 Å². The summed E-state index contributed by atoms with van der Waals surface area (Å²) >= 11 is 0.887. The molecule has 3 atom stereocenters. The standard InChI is InChI=1S/C43H47N5O10S2/c1-43(2,3)37(46-34(49)21-13-26-11-14-29(15-12-26)36(50)42(55)56)41(54)47-23-5-6-32(47)40(53)48(31-18-16-30(17-19-31)38(44)51)25-28-9-7-27(8-10-28)24-45-39(52)33-20-22-35(59-33)60(4,57)58/h7-22,32,36-37,50H,5-6,23-25H2,1-4H3,(H2,44,51)(H,45,52)(H,46,49)(H,55,56)/b21-13+/t32-,36?,37+/m0/s1. The second-order valence-electron chi connectivity index (χ2n) is 15.5. The van der Waals surface area contributed by atoms with Crippen molar-refractivity contribution < 1.29 is 47.4 Å². The monoisotopic (exact) mass is 857 g/mol. The lowest BCUT2D eigenvalue weighted by Crippen LogP contribution is -2.57. The van der Waals surface area contributed by atoms with E-state index in [0.29, 0.717) is 24.1 Å². The van der Waals surface area contributed by atoms with Gasteiger partial charge >= 0.3 is 5.97 Å². The molecule has 0 aliphatic carbocycles. The lowest BCUT2D eigenvalue weighted by Gasteiger charge is -2.36. The lowest BCUT2D eigenvalue weighted by atomic mass is 9.85. The number of amides is 5. The van der Waals surface area contributed by atoms with E-state index in [2.05, 4.69) is 10.6 Å². The van der Waals surface area contributed by atoms with Gasteiger partial charge in [-0.25, -0.2) is 13.2 Å². The number of aliphatic hydroxyl groups is 1. The van der Waals surface area contributed by atoms with Crippen LogP contribution in [0.2, 0.25) is 0 Å². The number of carboxylic acid groups (broad SMARTS) is 1. The molecule has 1 fully saturated rings. The van der Waals surface area contributed by atoms with Gasteiger partial charge in [-0.3, -0.25) is 24.0 Å². The number of carbonyl (C=O) groups excluding carboxylic acids is 5. The molecule has 6 N–H and O–H groups in total. The fraction of sp³-hybridized carbons (Fsp3) is 0.302. The Labute approximate surface area is 351 Å². The fourth-order valence-corrected chi connectivity index (χ4v) is 8.38. The van der Waals surface area contributed by atoms with E-state index in [-0.39, 0.29) is 45.8 Å². The number of carboxylic acids is 1. The van der Waals surface area contributed by atoms with Gasteiger partial charge in [0, 0.05) is 36.7 Å². The summed E-state index contributed by atoms with van der Waals surface area (Å²) in [5, 5.41) is 24.4. The third-order valence-corrected chi connectivity index (χ3v) is 12.8. The van der Waals surface area contributed by atoms with Crippen molar-refractivity contribution in [2.45, 2.75) is 69.1 Å². The van der Waals surface area contributed by atoms with E-state index in [1.54, 1.807) is 69.3 Å². The average Bonchev–Trinajstić information content (AvgIpc) is 3.92. The first-order chi connectivity index (χ1) is 28.2. The third kappa shape index (κ3) is 11.3. The molecule has 15 nitrogen and oxygen atoms in total. The molecule has 0 bridgehead atoms. The van der Waals surface area contributed by atoms with Crippen LogP contribution in [0.5, 0.6) is 0 Å². The maximum absolute atomic E-state index is 14.6. The number of sulfone groups is 1. The summed E-state index contributed by atoms with van der Waals surface area (Å²) in [5.74, 6) is -3.81. The van der Waals surface area contributed by atoms with Gasteiger partial charge in [0.15, 0.2) is 15.9 Å². The molecule has 2 heterocycles. The number of likely N-dealkylation sites (tertiary alicyclic amines) is 1. The van der Waals surface area contributed by atoms with Gasteiger partial charge in [-0.15, -0.1) is 11.3 Å². The number of carbonyl (C=O) groups is 6. The van der Waals surface area contributed by atoms with Crippen molar-refractivity contribution in [1.82, 2.24) is 15.5 Å². The number of rotatable bonds is 15. The highest BCUT2D eigenvalue weighted by Crippen LogP contribution is 2.29. The SMILES string of the molecule is CC(C)(C)[C@H](NC(=O)/C=C/c1ccc(C(O)C(=O)O)cc1)C(=O)N1CCC[C@H]1C(=O)N(Cc1ccc(CNC(=O)c2ccc(S(C)(=O)=O)s2)cc1)c1ccc(C(N)=O)cc1. The summed E-state index contributed by atoms with van der Waals surface area (Å²) in [6.45, 7) is 5.93. The number of aliphatic hydroxyl groups excluding tert-OH is 1. The molecule has 1 aliphatic rings. The predicted octanol–water partition coefficient (Wildman–Crippen LogP) is 4.07. The van der Waals surface area contributed by atoms with Crippen LogP contribution in [0.25, 0.3) is 6.08 Å². The molecular formula is C43H47N5O10S2. The molecule has 0 spiro atoms. The minimum Gasteiger partial charge on any atom is -0.479 e. The maximum atomic E-state index is 14.6. The van der Waals surface area contributed by atoms with Crippen molar-refractivity contribution in [3.63, 3.8) is 0 Å². The molecule has 60 heavy (non-hydrogen) atoms. The number of aliphatic carboxylic acids is 1. The summed E-state index contributed by atoms with van der Waals surface area (Å²) in [4.78, 5) is 81.1.